The van der Waals surface area contributed by atoms with Gasteiger partial charge in [-0.25, -0.2) is 0 Å². The van der Waals surface area contributed by atoms with Crippen molar-refractivity contribution in [2.45, 2.75) is 39.2 Å². The summed E-state index contributed by atoms with van der Waals surface area (Å²) in [6, 6.07) is 7.52. The minimum absolute atomic E-state index is 0.134. The molecule has 0 spiro atoms. The standard InChI is InChI=1S/C14H19NO2/c1-14(2,3)17-12-8-6-11(7-9-12)15-13(16)10-4-5-10/h6-10H,4-5H2,1-3H3,(H,15,16). The molecule has 1 aliphatic rings. The van der Waals surface area contributed by atoms with Crippen LogP contribution in [0, 0.1) is 5.92 Å². The van der Waals surface area contributed by atoms with Crippen LogP contribution in [0.3, 0.4) is 0 Å². The van der Waals surface area contributed by atoms with E-state index < -0.39 is 0 Å². The third kappa shape index (κ3) is 3.77. The molecule has 0 bridgehead atoms. The van der Waals surface area contributed by atoms with Crippen LogP contribution in [0.5, 0.6) is 5.75 Å². The van der Waals surface area contributed by atoms with Gasteiger partial charge >= 0.3 is 0 Å². The second kappa shape index (κ2) is 4.40. The van der Waals surface area contributed by atoms with Crippen LogP contribution in [0.1, 0.15) is 33.6 Å². The summed E-state index contributed by atoms with van der Waals surface area (Å²) in [6.07, 6.45) is 2.05. The van der Waals surface area contributed by atoms with E-state index in [9.17, 15) is 4.79 Å². The number of ether oxygens (including phenoxy) is 1. The molecule has 0 unspecified atom stereocenters. The number of hydrogen-bond acceptors (Lipinski definition) is 2. The predicted molar refractivity (Wildman–Crippen MR) is 68.2 cm³/mol. The van der Waals surface area contributed by atoms with Gasteiger partial charge < -0.3 is 10.1 Å². The SMILES string of the molecule is CC(C)(C)Oc1ccc(NC(=O)C2CC2)cc1. The van der Waals surface area contributed by atoms with Crippen molar-refractivity contribution >= 4 is 11.6 Å². The van der Waals surface area contributed by atoms with Gasteiger partial charge in [-0.15, -0.1) is 0 Å². The van der Waals surface area contributed by atoms with Crippen LogP contribution in [-0.2, 0) is 4.79 Å². The van der Waals surface area contributed by atoms with Gasteiger partial charge in [-0.3, -0.25) is 4.79 Å². The van der Waals surface area contributed by atoms with E-state index in [1.807, 2.05) is 45.0 Å². The van der Waals surface area contributed by atoms with E-state index >= 15 is 0 Å². The molecule has 1 fully saturated rings. The Morgan fingerprint density at radius 2 is 1.82 bits per heavy atom. The molecule has 3 heteroatoms. The summed E-state index contributed by atoms with van der Waals surface area (Å²) in [5.74, 6) is 1.19. The quantitative estimate of drug-likeness (QED) is 0.870. The average Bonchev–Trinajstić information content (AvgIpc) is 3.02. The fraction of sp³-hybridized carbons (Fsp3) is 0.500. The first-order chi connectivity index (χ1) is 7.94. The molecule has 1 aliphatic carbocycles. The zero-order valence-electron chi connectivity index (χ0n) is 10.6. The molecule has 92 valence electrons. The van der Waals surface area contributed by atoms with E-state index in [0.29, 0.717) is 0 Å². The third-order valence-electron chi connectivity index (χ3n) is 2.49. The van der Waals surface area contributed by atoms with Crippen LogP contribution in [0.15, 0.2) is 24.3 Å². The van der Waals surface area contributed by atoms with E-state index in [0.717, 1.165) is 24.3 Å². The largest absolute Gasteiger partial charge is 0.488 e. The van der Waals surface area contributed by atoms with Gasteiger partial charge in [-0.2, -0.15) is 0 Å². The smallest absolute Gasteiger partial charge is 0.227 e. The van der Waals surface area contributed by atoms with E-state index in [2.05, 4.69) is 5.32 Å². The van der Waals surface area contributed by atoms with Gasteiger partial charge in [0.15, 0.2) is 0 Å². The first kappa shape index (κ1) is 12.0. The van der Waals surface area contributed by atoms with Crippen LogP contribution < -0.4 is 10.1 Å². The zero-order valence-corrected chi connectivity index (χ0v) is 10.6. The summed E-state index contributed by atoms with van der Waals surface area (Å²) in [5, 5.41) is 2.90. The Hall–Kier alpha value is -1.51. The maximum Gasteiger partial charge on any atom is 0.227 e. The first-order valence-electron chi connectivity index (χ1n) is 6.04. The van der Waals surface area contributed by atoms with Crippen molar-refractivity contribution < 1.29 is 9.53 Å². The Balaban J connectivity index is 1.95. The summed E-state index contributed by atoms with van der Waals surface area (Å²) in [7, 11) is 0. The number of amides is 1. The lowest BCUT2D eigenvalue weighted by Gasteiger charge is -2.21. The van der Waals surface area contributed by atoms with Gasteiger partial charge in [-0.05, 0) is 57.9 Å². The lowest BCUT2D eigenvalue weighted by Crippen LogP contribution is -2.22. The molecule has 0 aromatic heterocycles. The highest BCUT2D eigenvalue weighted by atomic mass is 16.5. The maximum absolute atomic E-state index is 11.5. The number of nitrogens with one attached hydrogen (secondary N) is 1. The monoisotopic (exact) mass is 233 g/mol. The van der Waals surface area contributed by atoms with Crippen molar-refractivity contribution in [3.8, 4) is 5.75 Å². The molecule has 0 atom stereocenters. The van der Waals surface area contributed by atoms with Crippen molar-refractivity contribution in [2.24, 2.45) is 5.92 Å². The van der Waals surface area contributed by atoms with E-state index in [-0.39, 0.29) is 17.4 Å². The minimum atomic E-state index is -0.196. The molecule has 0 saturated heterocycles. The van der Waals surface area contributed by atoms with Crippen LogP contribution in [0.4, 0.5) is 5.69 Å². The Bertz CT molecular complexity index is 399. The Kier molecular flexibility index (Phi) is 3.09. The van der Waals surface area contributed by atoms with Gasteiger partial charge in [0.05, 0.1) is 0 Å². The molecule has 17 heavy (non-hydrogen) atoms. The van der Waals surface area contributed by atoms with Gasteiger partial charge in [0.2, 0.25) is 5.91 Å². The summed E-state index contributed by atoms with van der Waals surface area (Å²) in [6.45, 7) is 6.03. The fourth-order valence-corrected chi connectivity index (χ4v) is 1.55. The van der Waals surface area contributed by atoms with Crippen LogP contribution in [0.2, 0.25) is 0 Å². The predicted octanol–water partition coefficient (Wildman–Crippen LogP) is 3.21. The number of benzene rings is 1. The average molecular weight is 233 g/mol. The second-order valence-corrected chi connectivity index (χ2v) is 5.50. The molecule has 1 aromatic carbocycles. The highest BCUT2D eigenvalue weighted by Gasteiger charge is 2.29. The Labute approximate surface area is 102 Å². The number of carbonyl (C=O) groups excluding carboxylic acids is 1. The van der Waals surface area contributed by atoms with Crippen molar-refractivity contribution in [3.63, 3.8) is 0 Å². The molecule has 3 nitrogen and oxygen atoms in total. The van der Waals surface area contributed by atoms with Crippen LogP contribution in [0.25, 0.3) is 0 Å². The van der Waals surface area contributed by atoms with Crippen molar-refractivity contribution in [2.75, 3.05) is 5.32 Å². The number of rotatable bonds is 3. The number of anilines is 1. The van der Waals surface area contributed by atoms with Crippen molar-refractivity contribution in [3.05, 3.63) is 24.3 Å². The number of hydrogen-bond donors (Lipinski definition) is 1. The highest BCUT2D eigenvalue weighted by molar-refractivity contribution is 5.94. The summed E-state index contributed by atoms with van der Waals surface area (Å²) in [5.41, 5.74) is 0.641. The molecule has 0 radical (unpaired) electrons. The summed E-state index contributed by atoms with van der Waals surface area (Å²) in [4.78, 5) is 11.5. The molecule has 0 heterocycles. The second-order valence-electron chi connectivity index (χ2n) is 5.50. The Morgan fingerprint density at radius 3 is 2.29 bits per heavy atom. The fourth-order valence-electron chi connectivity index (χ4n) is 1.55. The van der Waals surface area contributed by atoms with Gasteiger partial charge in [0.1, 0.15) is 11.4 Å². The first-order valence-corrected chi connectivity index (χ1v) is 6.04. The van der Waals surface area contributed by atoms with E-state index in [4.69, 9.17) is 4.74 Å². The molecule has 1 saturated carbocycles. The molecular formula is C14H19NO2. The van der Waals surface area contributed by atoms with Crippen molar-refractivity contribution in [1.29, 1.82) is 0 Å². The molecule has 1 aromatic rings. The lowest BCUT2D eigenvalue weighted by molar-refractivity contribution is -0.117. The third-order valence-corrected chi connectivity index (χ3v) is 2.49. The van der Waals surface area contributed by atoms with E-state index in [1.54, 1.807) is 0 Å². The molecule has 2 rings (SSSR count). The molecule has 1 N–H and O–H groups in total. The maximum atomic E-state index is 11.5. The Morgan fingerprint density at radius 1 is 1.24 bits per heavy atom. The minimum Gasteiger partial charge on any atom is -0.488 e. The van der Waals surface area contributed by atoms with Crippen LogP contribution >= 0.6 is 0 Å². The molecular weight excluding hydrogens is 214 g/mol. The summed E-state index contributed by atoms with van der Waals surface area (Å²) < 4.78 is 5.71. The normalized spacial score (nSPS) is 15.5. The highest BCUT2D eigenvalue weighted by Crippen LogP contribution is 2.30. The van der Waals surface area contributed by atoms with E-state index in [1.165, 1.54) is 0 Å². The lowest BCUT2D eigenvalue weighted by atomic mass is 10.2. The van der Waals surface area contributed by atoms with Crippen molar-refractivity contribution in [1.82, 2.24) is 0 Å². The number of carbonyl (C=O) groups is 1. The van der Waals surface area contributed by atoms with Crippen LogP contribution in [-0.4, -0.2) is 11.5 Å². The van der Waals surface area contributed by atoms with Gasteiger partial charge in [0, 0.05) is 11.6 Å². The van der Waals surface area contributed by atoms with Gasteiger partial charge in [0.25, 0.3) is 0 Å². The molecule has 1 amide bonds. The zero-order chi connectivity index (χ0) is 12.5. The van der Waals surface area contributed by atoms with Gasteiger partial charge in [-0.1, -0.05) is 0 Å². The molecule has 0 aliphatic heterocycles. The topological polar surface area (TPSA) is 38.3 Å². The summed E-state index contributed by atoms with van der Waals surface area (Å²) >= 11 is 0.